The second kappa shape index (κ2) is 7.74. The number of non-ortho nitro benzene ring substituents is 1. The van der Waals surface area contributed by atoms with Crippen molar-refractivity contribution in [2.24, 2.45) is 0 Å². The summed E-state index contributed by atoms with van der Waals surface area (Å²) in [7, 11) is 0. The fourth-order valence-electron chi connectivity index (χ4n) is 1.69. The van der Waals surface area contributed by atoms with Crippen LogP contribution in [-0.2, 0) is 11.3 Å². The summed E-state index contributed by atoms with van der Waals surface area (Å²) < 4.78 is 5.14. The Morgan fingerprint density at radius 3 is 2.68 bits per heavy atom. The van der Waals surface area contributed by atoms with Gasteiger partial charge in [0.25, 0.3) is 5.69 Å². The van der Waals surface area contributed by atoms with E-state index in [9.17, 15) is 14.9 Å². The lowest BCUT2D eigenvalue weighted by molar-refractivity contribution is -0.384. The number of carbonyl (C=O) groups is 1. The maximum atomic E-state index is 11.5. The smallest absolute Gasteiger partial charge is 0.407 e. The molecule has 7 nitrogen and oxygen atoms in total. The van der Waals surface area contributed by atoms with Crippen molar-refractivity contribution in [2.45, 2.75) is 45.9 Å². The number of nitrogens with zero attached hydrogens (tertiary/aromatic N) is 1. The number of nitro benzene ring substituents is 1. The summed E-state index contributed by atoms with van der Waals surface area (Å²) in [6.45, 7) is 8.21. The number of rotatable bonds is 6. The molecule has 0 aromatic heterocycles. The summed E-state index contributed by atoms with van der Waals surface area (Å²) in [4.78, 5) is 21.8. The van der Waals surface area contributed by atoms with E-state index in [4.69, 9.17) is 4.74 Å². The van der Waals surface area contributed by atoms with Gasteiger partial charge in [0.1, 0.15) is 5.60 Å². The van der Waals surface area contributed by atoms with Crippen LogP contribution < -0.4 is 10.6 Å². The summed E-state index contributed by atoms with van der Waals surface area (Å²) in [6.07, 6.45) is -0.462. The van der Waals surface area contributed by atoms with Gasteiger partial charge in [0.15, 0.2) is 0 Å². The molecule has 1 amide bonds. The first kappa shape index (κ1) is 17.9. The third-order valence-corrected chi connectivity index (χ3v) is 2.73. The van der Waals surface area contributed by atoms with E-state index in [1.54, 1.807) is 26.8 Å². The molecule has 0 aliphatic rings. The topological polar surface area (TPSA) is 93.5 Å². The minimum Gasteiger partial charge on any atom is -0.444 e. The standard InChI is InChI=1S/C15H23N3O4/c1-11(9-17-14(19)22-15(2,3)4)16-10-12-6-5-7-13(8-12)18(20)21/h5-8,11,16H,9-10H2,1-4H3,(H,17,19). The van der Waals surface area contributed by atoms with Crippen LogP contribution in [0.2, 0.25) is 0 Å². The minimum absolute atomic E-state index is 0.00628. The Bertz CT molecular complexity index is 526. The first-order valence-corrected chi connectivity index (χ1v) is 7.11. The highest BCUT2D eigenvalue weighted by Crippen LogP contribution is 2.12. The van der Waals surface area contributed by atoms with E-state index in [1.165, 1.54) is 12.1 Å². The van der Waals surface area contributed by atoms with Gasteiger partial charge in [-0.2, -0.15) is 0 Å². The Hall–Kier alpha value is -2.15. The van der Waals surface area contributed by atoms with Gasteiger partial charge in [0, 0.05) is 31.3 Å². The molecule has 0 saturated carbocycles. The minimum atomic E-state index is -0.524. The van der Waals surface area contributed by atoms with Crippen molar-refractivity contribution in [1.82, 2.24) is 10.6 Å². The maximum absolute atomic E-state index is 11.5. The van der Waals surface area contributed by atoms with Gasteiger partial charge >= 0.3 is 6.09 Å². The molecule has 0 aliphatic carbocycles. The SMILES string of the molecule is CC(CNC(=O)OC(C)(C)C)NCc1cccc([N+](=O)[O-])c1. The van der Waals surface area contributed by atoms with E-state index in [0.29, 0.717) is 13.1 Å². The first-order valence-electron chi connectivity index (χ1n) is 7.11. The Labute approximate surface area is 130 Å². The lowest BCUT2D eigenvalue weighted by Gasteiger charge is -2.21. The average Bonchev–Trinajstić information content (AvgIpc) is 2.41. The van der Waals surface area contributed by atoms with Gasteiger partial charge in [-0.15, -0.1) is 0 Å². The number of nitro groups is 1. The predicted molar refractivity (Wildman–Crippen MR) is 83.6 cm³/mol. The van der Waals surface area contributed by atoms with Crippen molar-refractivity contribution in [3.05, 3.63) is 39.9 Å². The second-order valence-corrected chi connectivity index (χ2v) is 6.09. The van der Waals surface area contributed by atoms with Crippen LogP contribution in [0.1, 0.15) is 33.3 Å². The van der Waals surface area contributed by atoms with Crippen molar-refractivity contribution < 1.29 is 14.5 Å². The number of alkyl carbamates (subject to hydrolysis) is 1. The number of amides is 1. The van der Waals surface area contributed by atoms with E-state index in [-0.39, 0.29) is 11.7 Å². The monoisotopic (exact) mass is 309 g/mol. The molecule has 0 radical (unpaired) electrons. The summed E-state index contributed by atoms with van der Waals surface area (Å²) >= 11 is 0. The lowest BCUT2D eigenvalue weighted by atomic mass is 10.2. The van der Waals surface area contributed by atoms with E-state index < -0.39 is 16.6 Å². The van der Waals surface area contributed by atoms with Crippen LogP contribution in [0.4, 0.5) is 10.5 Å². The van der Waals surface area contributed by atoms with Gasteiger partial charge in [-0.1, -0.05) is 12.1 Å². The molecular formula is C15H23N3O4. The number of benzene rings is 1. The normalized spacial score (nSPS) is 12.5. The van der Waals surface area contributed by atoms with E-state index >= 15 is 0 Å². The zero-order valence-electron chi connectivity index (χ0n) is 13.4. The number of hydrogen-bond acceptors (Lipinski definition) is 5. The molecule has 0 heterocycles. The van der Waals surface area contributed by atoms with Crippen LogP contribution >= 0.6 is 0 Å². The molecule has 0 bridgehead atoms. The predicted octanol–water partition coefficient (Wildman–Crippen LogP) is 2.60. The highest BCUT2D eigenvalue weighted by molar-refractivity contribution is 5.67. The Balaban J connectivity index is 2.37. The largest absolute Gasteiger partial charge is 0.444 e. The van der Waals surface area contributed by atoms with E-state index in [0.717, 1.165) is 5.56 Å². The molecule has 122 valence electrons. The zero-order chi connectivity index (χ0) is 16.8. The number of nitrogens with one attached hydrogen (secondary N) is 2. The van der Waals surface area contributed by atoms with Crippen molar-refractivity contribution in [3.63, 3.8) is 0 Å². The van der Waals surface area contributed by atoms with Crippen LogP contribution in [0.25, 0.3) is 0 Å². The third kappa shape index (κ3) is 7.03. The molecule has 0 saturated heterocycles. The molecule has 0 aliphatic heterocycles. The quantitative estimate of drug-likeness (QED) is 0.622. The fourth-order valence-corrected chi connectivity index (χ4v) is 1.69. The third-order valence-electron chi connectivity index (χ3n) is 2.73. The van der Waals surface area contributed by atoms with Gasteiger partial charge in [-0.3, -0.25) is 10.1 Å². The molecule has 1 rings (SSSR count). The molecule has 0 fully saturated rings. The Kier molecular flexibility index (Phi) is 6.30. The lowest BCUT2D eigenvalue weighted by Crippen LogP contribution is -2.40. The van der Waals surface area contributed by atoms with Crippen LogP contribution in [0.3, 0.4) is 0 Å². The zero-order valence-corrected chi connectivity index (χ0v) is 13.4. The second-order valence-electron chi connectivity index (χ2n) is 6.09. The van der Waals surface area contributed by atoms with Crippen LogP contribution in [0.5, 0.6) is 0 Å². The maximum Gasteiger partial charge on any atom is 0.407 e. The van der Waals surface area contributed by atoms with Crippen molar-refractivity contribution in [2.75, 3.05) is 6.54 Å². The number of hydrogen-bond donors (Lipinski definition) is 2. The number of ether oxygens (including phenoxy) is 1. The van der Waals surface area contributed by atoms with E-state index in [2.05, 4.69) is 10.6 Å². The molecule has 1 aromatic carbocycles. The van der Waals surface area contributed by atoms with Crippen LogP contribution in [-0.4, -0.2) is 29.2 Å². The van der Waals surface area contributed by atoms with Crippen LogP contribution in [0.15, 0.2) is 24.3 Å². The molecule has 22 heavy (non-hydrogen) atoms. The Morgan fingerprint density at radius 2 is 2.09 bits per heavy atom. The fraction of sp³-hybridized carbons (Fsp3) is 0.533. The first-order chi connectivity index (χ1) is 10.2. The highest BCUT2D eigenvalue weighted by atomic mass is 16.6. The summed E-state index contributed by atoms with van der Waals surface area (Å²) in [5.74, 6) is 0. The van der Waals surface area contributed by atoms with Crippen LogP contribution in [0, 0.1) is 10.1 Å². The number of carbonyl (C=O) groups excluding carboxylic acids is 1. The summed E-state index contributed by atoms with van der Waals surface area (Å²) in [6, 6.07) is 6.46. The molecule has 1 aromatic rings. The molecule has 7 heteroatoms. The van der Waals surface area contributed by atoms with Crippen molar-refractivity contribution in [3.8, 4) is 0 Å². The molecule has 1 atom stereocenters. The van der Waals surface area contributed by atoms with Gasteiger partial charge < -0.3 is 15.4 Å². The van der Waals surface area contributed by atoms with Crippen molar-refractivity contribution in [1.29, 1.82) is 0 Å². The van der Waals surface area contributed by atoms with Gasteiger partial charge in [-0.05, 0) is 33.3 Å². The Morgan fingerprint density at radius 1 is 1.41 bits per heavy atom. The molecule has 0 spiro atoms. The molecular weight excluding hydrogens is 286 g/mol. The average molecular weight is 309 g/mol. The molecule has 2 N–H and O–H groups in total. The van der Waals surface area contributed by atoms with E-state index in [1.807, 2.05) is 13.0 Å². The van der Waals surface area contributed by atoms with Crippen molar-refractivity contribution >= 4 is 11.8 Å². The highest BCUT2D eigenvalue weighted by Gasteiger charge is 2.16. The van der Waals surface area contributed by atoms with Gasteiger partial charge in [0.2, 0.25) is 0 Å². The summed E-state index contributed by atoms with van der Waals surface area (Å²) in [5.41, 5.74) is 0.362. The summed E-state index contributed by atoms with van der Waals surface area (Å²) in [5, 5.41) is 16.6. The van der Waals surface area contributed by atoms with Gasteiger partial charge in [0.05, 0.1) is 4.92 Å². The van der Waals surface area contributed by atoms with Gasteiger partial charge in [-0.25, -0.2) is 4.79 Å². The molecule has 1 unspecified atom stereocenters.